The van der Waals surface area contributed by atoms with E-state index in [1.54, 1.807) is 12.1 Å². The summed E-state index contributed by atoms with van der Waals surface area (Å²) in [7, 11) is 0. The molecular weight excluding hydrogens is 294 g/mol. The summed E-state index contributed by atoms with van der Waals surface area (Å²) in [6.45, 7) is 0. The van der Waals surface area contributed by atoms with Crippen LogP contribution in [0.5, 0.6) is 0 Å². The van der Waals surface area contributed by atoms with E-state index in [1.165, 1.54) is 12.1 Å². The number of H-pyrrole nitrogens is 1. The molecule has 0 aliphatic rings. The van der Waals surface area contributed by atoms with E-state index in [9.17, 15) is 10.1 Å². The van der Waals surface area contributed by atoms with Gasteiger partial charge in [-0.3, -0.25) is 15.2 Å². The van der Waals surface area contributed by atoms with Gasteiger partial charge < -0.3 is 5.73 Å². The van der Waals surface area contributed by atoms with Crippen LogP contribution < -0.4 is 5.73 Å². The summed E-state index contributed by atoms with van der Waals surface area (Å²) in [6, 6.07) is 15.7. The first-order chi connectivity index (χ1) is 11.1. The third-order valence-electron chi connectivity index (χ3n) is 3.49. The van der Waals surface area contributed by atoms with Gasteiger partial charge >= 0.3 is 0 Å². The minimum Gasteiger partial charge on any atom is -0.321 e. The van der Waals surface area contributed by atoms with Crippen molar-refractivity contribution in [1.29, 1.82) is 0 Å². The quantitative estimate of drug-likeness (QED) is 0.556. The van der Waals surface area contributed by atoms with Crippen LogP contribution in [-0.2, 0) is 6.42 Å². The van der Waals surface area contributed by atoms with Crippen LogP contribution in [0.15, 0.2) is 54.6 Å². The lowest BCUT2D eigenvalue weighted by Crippen LogP contribution is -2.15. The number of rotatable bonds is 5. The first-order valence-corrected chi connectivity index (χ1v) is 7.10. The Bertz CT molecular complexity index is 799. The molecule has 2 aromatic carbocycles. The molecule has 1 heterocycles. The number of aromatic amines is 1. The van der Waals surface area contributed by atoms with Crippen LogP contribution in [0.4, 0.5) is 5.69 Å². The number of nitrogens with one attached hydrogen (secondary N) is 1. The molecule has 3 N–H and O–H groups in total. The molecule has 0 radical (unpaired) electrons. The Morgan fingerprint density at radius 3 is 2.48 bits per heavy atom. The highest BCUT2D eigenvalue weighted by atomic mass is 16.6. The van der Waals surface area contributed by atoms with Crippen molar-refractivity contribution in [2.45, 2.75) is 12.5 Å². The van der Waals surface area contributed by atoms with Gasteiger partial charge in [0, 0.05) is 17.7 Å². The molecule has 0 bridgehead atoms. The normalized spacial score (nSPS) is 12.0. The van der Waals surface area contributed by atoms with E-state index in [4.69, 9.17) is 5.73 Å². The van der Waals surface area contributed by atoms with Gasteiger partial charge in [0.05, 0.1) is 11.0 Å². The van der Waals surface area contributed by atoms with Gasteiger partial charge in [0.2, 0.25) is 0 Å². The van der Waals surface area contributed by atoms with E-state index in [0.29, 0.717) is 23.6 Å². The number of benzene rings is 2. The lowest BCUT2D eigenvalue weighted by Gasteiger charge is -2.07. The number of nitrogens with zero attached hydrogens (tertiary/aromatic N) is 3. The predicted molar refractivity (Wildman–Crippen MR) is 85.5 cm³/mol. The van der Waals surface area contributed by atoms with Crippen molar-refractivity contribution in [2.24, 2.45) is 5.73 Å². The molecule has 7 nitrogen and oxygen atoms in total. The van der Waals surface area contributed by atoms with Crippen molar-refractivity contribution in [2.75, 3.05) is 0 Å². The number of hydrogen-bond acceptors (Lipinski definition) is 5. The summed E-state index contributed by atoms with van der Waals surface area (Å²) in [5.74, 6) is 1.06. The van der Waals surface area contributed by atoms with Gasteiger partial charge in [0.15, 0.2) is 5.82 Å². The highest BCUT2D eigenvalue weighted by Crippen LogP contribution is 2.21. The molecule has 0 fully saturated rings. The Morgan fingerprint density at radius 2 is 1.83 bits per heavy atom. The SMILES string of the molecule is N[C@H](Cc1ccccc1)c1nc(-c2ccc([N+](=O)[O-])cc2)n[nH]1. The van der Waals surface area contributed by atoms with Crippen LogP contribution in [0.1, 0.15) is 17.4 Å². The largest absolute Gasteiger partial charge is 0.321 e. The fraction of sp³-hybridized carbons (Fsp3) is 0.125. The zero-order chi connectivity index (χ0) is 16.2. The van der Waals surface area contributed by atoms with E-state index in [2.05, 4.69) is 15.2 Å². The van der Waals surface area contributed by atoms with Gasteiger partial charge in [-0.05, 0) is 24.1 Å². The Balaban J connectivity index is 1.76. The molecule has 0 unspecified atom stereocenters. The van der Waals surface area contributed by atoms with Gasteiger partial charge in [0.25, 0.3) is 5.69 Å². The number of nitrogens with two attached hydrogens (primary N) is 1. The van der Waals surface area contributed by atoms with E-state index >= 15 is 0 Å². The summed E-state index contributed by atoms with van der Waals surface area (Å²) in [5.41, 5.74) is 8.01. The molecule has 0 spiro atoms. The van der Waals surface area contributed by atoms with Crippen molar-refractivity contribution in [3.8, 4) is 11.4 Å². The van der Waals surface area contributed by atoms with E-state index in [1.807, 2.05) is 30.3 Å². The molecule has 3 aromatic rings. The van der Waals surface area contributed by atoms with Crippen LogP contribution in [-0.4, -0.2) is 20.1 Å². The van der Waals surface area contributed by atoms with Gasteiger partial charge in [-0.2, -0.15) is 5.10 Å². The van der Waals surface area contributed by atoms with E-state index < -0.39 is 4.92 Å². The van der Waals surface area contributed by atoms with Gasteiger partial charge in [-0.25, -0.2) is 4.98 Å². The molecule has 0 saturated carbocycles. The maximum absolute atomic E-state index is 10.7. The first kappa shape index (κ1) is 14.9. The molecule has 0 aliphatic heterocycles. The second-order valence-corrected chi connectivity index (χ2v) is 5.14. The second kappa shape index (κ2) is 6.37. The topological polar surface area (TPSA) is 111 Å². The van der Waals surface area contributed by atoms with E-state index in [0.717, 1.165) is 5.56 Å². The van der Waals surface area contributed by atoms with Crippen LogP contribution in [0.3, 0.4) is 0 Å². The van der Waals surface area contributed by atoms with Crippen LogP contribution in [0, 0.1) is 10.1 Å². The summed E-state index contributed by atoms with van der Waals surface area (Å²) < 4.78 is 0. The van der Waals surface area contributed by atoms with Crippen molar-refractivity contribution >= 4 is 5.69 Å². The van der Waals surface area contributed by atoms with Gasteiger partial charge in [-0.15, -0.1) is 0 Å². The Labute approximate surface area is 132 Å². The molecule has 116 valence electrons. The summed E-state index contributed by atoms with van der Waals surface area (Å²) >= 11 is 0. The third kappa shape index (κ3) is 3.41. The molecule has 23 heavy (non-hydrogen) atoms. The van der Waals surface area contributed by atoms with Gasteiger partial charge in [0.1, 0.15) is 5.82 Å². The average Bonchev–Trinajstić information content (AvgIpc) is 3.06. The maximum atomic E-state index is 10.7. The second-order valence-electron chi connectivity index (χ2n) is 5.14. The number of aromatic nitrogens is 3. The number of non-ortho nitro benzene ring substituents is 1. The minimum absolute atomic E-state index is 0.0327. The standard InChI is InChI=1S/C16H15N5O2/c17-14(10-11-4-2-1-3-5-11)16-18-15(19-20-16)12-6-8-13(9-7-12)21(22)23/h1-9,14H,10,17H2,(H,18,19,20)/t14-/m1/s1. The number of nitro groups is 1. The van der Waals surface area contributed by atoms with Crippen molar-refractivity contribution in [3.63, 3.8) is 0 Å². The molecule has 7 heteroatoms. The fourth-order valence-electron chi connectivity index (χ4n) is 2.27. The zero-order valence-electron chi connectivity index (χ0n) is 12.2. The number of nitro benzene ring substituents is 1. The Hall–Kier alpha value is -3.06. The summed E-state index contributed by atoms with van der Waals surface area (Å²) in [4.78, 5) is 14.6. The molecule has 3 rings (SSSR count). The Kier molecular flexibility index (Phi) is 4.11. The smallest absolute Gasteiger partial charge is 0.269 e. The molecule has 1 atom stereocenters. The monoisotopic (exact) mass is 309 g/mol. The highest BCUT2D eigenvalue weighted by molar-refractivity contribution is 5.56. The maximum Gasteiger partial charge on any atom is 0.269 e. The van der Waals surface area contributed by atoms with Crippen molar-refractivity contribution in [3.05, 3.63) is 76.1 Å². The predicted octanol–water partition coefficient (Wildman–Crippen LogP) is 2.62. The molecule has 1 aromatic heterocycles. The van der Waals surface area contributed by atoms with Crippen LogP contribution >= 0.6 is 0 Å². The zero-order valence-corrected chi connectivity index (χ0v) is 12.2. The fourth-order valence-corrected chi connectivity index (χ4v) is 2.27. The lowest BCUT2D eigenvalue weighted by atomic mass is 10.1. The Morgan fingerprint density at radius 1 is 1.13 bits per heavy atom. The minimum atomic E-state index is -0.442. The van der Waals surface area contributed by atoms with Gasteiger partial charge in [-0.1, -0.05) is 30.3 Å². The molecule has 0 amide bonds. The first-order valence-electron chi connectivity index (χ1n) is 7.10. The lowest BCUT2D eigenvalue weighted by molar-refractivity contribution is -0.384. The molecule has 0 saturated heterocycles. The highest BCUT2D eigenvalue weighted by Gasteiger charge is 2.14. The summed E-state index contributed by atoms with van der Waals surface area (Å²) in [6.07, 6.45) is 0.649. The molecular formula is C16H15N5O2. The summed E-state index contributed by atoms with van der Waals surface area (Å²) in [5, 5.41) is 17.6. The van der Waals surface area contributed by atoms with Crippen molar-refractivity contribution < 1.29 is 4.92 Å². The van der Waals surface area contributed by atoms with Crippen LogP contribution in [0.25, 0.3) is 11.4 Å². The van der Waals surface area contributed by atoms with E-state index in [-0.39, 0.29) is 11.7 Å². The third-order valence-corrected chi connectivity index (χ3v) is 3.49. The average molecular weight is 309 g/mol. The van der Waals surface area contributed by atoms with Crippen molar-refractivity contribution in [1.82, 2.24) is 15.2 Å². The van der Waals surface area contributed by atoms with Crippen LogP contribution in [0.2, 0.25) is 0 Å². The number of hydrogen-bond donors (Lipinski definition) is 2. The molecule has 0 aliphatic carbocycles.